The Hall–Kier alpha value is -1.32. The molecule has 0 aliphatic heterocycles. The van der Waals surface area contributed by atoms with E-state index in [2.05, 4.69) is 12.2 Å². The monoisotopic (exact) mass is 424 g/mol. The molecule has 0 saturated heterocycles. The van der Waals surface area contributed by atoms with Crippen LogP contribution in [0.2, 0.25) is 0 Å². The fourth-order valence-electron chi connectivity index (χ4n) is 3.14. The summed E-state index contributed by atoms with van der Waals surface area (Å²) in [7, 11) is 0. The molecule has 0 spiro atoms. The van der Waals surface area contributed by atoms with Crippen LogP contribution in [0.3, 0.4) is 0 Å². The molecule has 0 atom stereocenters. The van der Waals surface area contributed by atoms with Crippen LogP contribution in [0, 0.1) is 0 Å². The normalized spacial score (nSPS) is 12.3. The van der Waals surface area contributed by atoms with E-state index in [1.807, 2.05) is 41.5 Å². The third kappa shape index (κ3) is 23.0. The lowest BCUT2D eigenvalue weighted by Gasteiger charge is -2.19. The fraction of sp³-hybridized carbons (Fsp3) is 0.846. The molecular weight excluding hydrogens is 376 g/mol. The van der Waals surface area contributed by atoms with Gasteiger partial charge in [0.15, 0.2) is 0 Å². The van der Waals surface area contributed by atoms with Crippen molar-refractivity contribution in [3.63, 3.8) is 0 Å². The maximum absolute atomic E-state index is 11.6. The molecule has 0 radical (unpaired) electrons. The van der Waals surface area contributed by atoms with Gasteiger partial charge in [-0.1, -0.05) is 50.7 Å². The SMILES string of the molecule is CC(C)(C)OC(=O)CCCCCCCC=CCCCCCCCC(=O)OC(C)(C)C. The van der Waals surface area contributed by atoms with Crippen molar-refractivity contribution in [1.29, 1.82) is 0 Å². The fourth-order valence-corrected chi connectivity index (χ4v) is 3.14. The summed E-state index contributed by atoms with van der Waals surface area (Å²) in [6.45, 7) is 11.5. The molecule has 0 aliphatic carbocycles. The van der Waals surface area contributed by atoms with Crippen LogP contribution < -0.4 is 0 Å². The highest BCUT2D eigenvalue weighted by molar-refractivity contribution is 5.70. The Kier molecular flexibility index (Phi) is 15.7. The summed E-state index contributed by atoms with van der Waals surface area (Å²) in [5.41, 5.74) is -0.740. The zero-order valence-electron chi connectivity index (χ0n) is 20.7. The predicted octanol–water partition coefficient (Wildman–Crippen LogP) is 7.69. The number of carbonyl (C=O) groups excluding carboxylic acids is 2. The van der Waals surface area contributed by atoms with E-state index in [9.17, 15) is 9.59 Å². The van der Waals surface area contributed by atoms with Crippen LogP contribution in [-0.2, 0) is 19.1 Å². The van der Waals surface area contributed by atoms with Crippen molar-refractivity contribution < 1.29 is 19.1 Å². The summed E-state index contributed by atoms with van der Waals surface area (Å²) in [6, 6.07) is 0. The highest BCUT2D eigenvalue weighted by Gasteiger charge is 2.16. The van der Waals surface area contributed by atoms with Crippen LogP contribution in [-0.4, -0.2) is 23.1 Å². The van der Waals surface area contributed by atoms with Crippen molar-refractivity contribution in [2.24, 2.45) is 0 Å². The lowest BCUT2D eigenvalue weighted by atomic mass is 10.1. The van der Waals surface area contributed by atoms with Crippen molar-refractivity contribution in [1.82, 2.24) is 0 Å². The Morgan fingerprint density at radius 2 is 0.833 bits per heavy atom. The first-order valence-electron chi connectivity index (χ1n) is 12.1. The van der Waals surface area contributed by atoms with Gasteiger partial charge in [-0.3, -0.25) is 9.59 Å². The topological polar surface area (TPSA) is 52.6 Å². The molecular formula is C26H48O4. The molecule has 0 bridgehead atoms. The zero-order valence-corrected chi connectivity index (χ0v) is 20.7. The van der Waals surface area contributed by atoms with Crippen LogP contribution in [0.4, 0.5) is 0 Å². The highest BCUT2D eigenvalue weighted by atomic mass is 16.6. The number of allylic oxidation sites excluding steroid dienone is 2. The molecule has 0 heterocycles. The van der Waals surface area contributed by atoms with Crippen LogP contribution >= 0.6 is 0 Å². The molecule has 0 saturated carbocycles. The Morgan fingerprint density at radius 1 is 0.533 bits per heavy atom. The molecule has 0 aromatic carbocycles. The molecule has 0 rings (SSSR count). The van der Waals surface area contributed by atoms with Crippen LogP contribution in [0.1, 0.15) is 131 Å². The van der Waals surface area contributed by atoms with Gasteiger partial charge in [0.1, 0.15) is 11.2 Å². The van der Waals surface area contributed by atoms with E-state index in [1.165, 1.54) is 38.5 Å². The quantitative estimate of drug-likeness (QED) is 0.145. The van der Waals surface area contributed by atoms with E-state index in [0.717, 1.165) is 38.5 Å². The van der Waals surface area contributed by atoms with Crippen LogP contribution in [0.5, 0.6) is 0 Å². The second-order valence-corrected chi connectivity index (χ2v) is 10.3. The van der Waals surface area contributed by atoms with Gasteiger partial charge in [-0.15, -0.1) is 0 Å². The Balaban J connectivity index is 3.35. The van der Waals surface area contributed by atoms with Crippen LogP contribution in [0.25, 0.3) is 0 Å². The van der Waals surface area contributed by atoms with E-state index in [4.69, 9.17) is 9.47 Å². The third-order valence-electron chi connectivity index (χ3n) is 4.51. The zero-order chi connectivity index (χ0) is 22.9. The number of hydrogen-bond donors (Lipinski definition) is 0. The van der Waals surface area contributed by atoms with Crippen molar-refractivity contribution in [3.05, 3.63) is 12.2 Å². The molecule has 30 heavy (non-hydrogen) atoms. The first-order valence-corrected chi connectivity index (χ1v) is 12.1. The lowest BCUT2D eigenvalue weighted by Crippen LogP contribution is -2.23. The van der Waals surface area contributed by atoms with Crippen molar-refractivity contribution in [2.75, 3.05) is 0 Å². The highest BCUT2D eigenvalue weighted by Crippen LogP contribution is 2.14. The average Bonchev–Trinajstić information content (AvgIpc) is 2.58. The molecule has 0 N–H and O–H groups in total. The minimum absolute atomic E-state index is 0.0755. The number of unbranched alkanes of at least 4 members (excludes halogenated alkanes) is 10. The first-order chi connectivity index (χ1) is 14.0. The number of rotatable bonds is 16. The summed E-state index contributed by atoms with van der Waals surface area (Å²) in [6.07, 6.45) is 19.4. The maximum atomic E-state index is 11.6. The van der Waals surface area contributed by atoms with Crippen molar-refractivity contribution in [2.45, 2.75) is 143 Å². The van der Waals surface area contributed by atoms with Gasteiger partial charge in [0.25, 0.3) is 0 Å². The molecule has 0 unspecified atom stereocenters. The first kappa shape index (κ1) is 28.7. The van der Waals surface area contributed by atoms with Crippen LogP contribution in [0.15, 0.2) is 12.2 Å². The van der Waals surface area contributed by atoms with E-state index < -0.39 is 0 Å². The Morgan fingerprint density at radius 3 is 1.17 bits per heavy atom. The van der Waals surface area contributed by atoms with Gasteiger partial charge >= 0.3 is 11.9 Å². The molecule has 0 fully saturated rings. The molecule has 4 nitrogen and oxygen atoms in total. The minimum atomic E-state index is -0.370. The van der Waals surface area contributed by atoms with E-state index >= 15 is 0 Å². The number of ether oxygens (including phenoxy) is 2. The van der Waals surface area contributed by atoms with E-state index in [-0.39, 0.29) is 23.1 Å². The Labute approximate surface area is 186 Å². The second kappa shape index (κ2) is 16.4. The summed E-state index contributed by atoms with van der Waals surface area (Å²) >= 11 is 0. The molecule has 176 valence electrons. The van der Waals surface area contributed by atoms with Crippen molar-refractivity contribution >= 4 is 11.9 Å². The summed E-state index contributed by atoms with van der Waals surface area (Å²) in [5.74, 6) is -0.151. The second-order valence-electron chi connectivity index (χ2n) is 10.3. The van der Waals surface area contributed by atoms with Gasteiger partial charge in [0, 0.05) is 12.8 Å². The third-order valence-corrected chi connectivity index (χ3v) is 4.51. The number of hydrogen-bond acceptors (Lipinski definition) is 4. The molecule has 0 aromatic rings. The summed E-state index contributed by atoms with van der Waals surface area (Å²) in [5, 5.41) is 0. The number of carbonyl (C=O) groups is 2. The lowest BCUT2D eigenvalue weighted by molar-refractivity contribution is -0.156. The van der Waals surface area contributed by atoms with E-state index in [0.29, 0.717) is 12.8 Å². The predicted molar refractivity (Wildman–Crippen MR) is 125 cm³/mol. The van der Waals surface area contributed by atoms with Gasteiger partial charge in [0.05, 0.1) is 0 Å². The van der Waals surface area contributed by atoms with Gasteiger partial charge in [0.2, 0.25) is 0 Å². The van der Waals surface area contributed by atoms with E-state index in [1.54, 1.807) is 0 Å². The standard InChI is InChI=1S/C26H48O4/c1-25(2,3)29-23(27)21-19-17-15-13-11-9-7-8-10-12-14-16-18-20-22-24(28)30-26(4,5)6/h7-8H,9-22H2,1-6H3. The smallest absolute Gasteiger partial charge is 0.306 e. The molecule has 0 aliphatic rings. The number of esters is 2. The molecule has 0 aromatic heterocycles. The van der Waals surface area contributed by atoms with Gasteiger partial charge < -0.3 is 9.47 Å². The Bertz CT molecular complexity index is 436. The maximum Gasteiger partial charge on any atom is 0.306 e. The molecule has 0 amide bonds. The largest absolute Gasteiger partial charge is 0.460 e. The van der Waals surface area contributed by atoms with Crippen molar-refractivity contribution in [3.8, 4) is 0 Å². The van der Waals surface area contributed by atoms with Gasteiger partial charge in [-0.2, -0.15) is 0 Å². The van der Waals surface area contributed by atoms with Gasteiger partial charge in [-0.05, 0) is 80.1 Å². The summed E-state index contributed by atoms with van der Waals surface area (Å²) < 4.78 is 10.6. The summed E-state index contributed by atoms with van der Waals surface area (Å²) in [4.78, 5) is 23.2. The molecule has 4 heteroatoms. The minimum Gasteiger partial charge on any atom is -0.460 e. The van der Waals surface area contributed by atoms with Gasteiger partial charge in [-0.25, -0.2) is 0 Å². The average molecular weight is 425 g/mol.